The van der Waals surface area contributed by atoms with Crippen LogP contribution in [-0.2, 0) is 4.79 Å². The molecule has 0 aliphatic heterocycles. The molecule has 0 amide bonds. The van der Waals surface area contributed by atoms with Gasteiger partial charge in [0.25, 0.3) is 0 Å². The van der Waals surface area contributed by atoms with Crippen LogP contribution in [0.1, 0.15) is 19.8 Å². The zero-order valence-electron chi connectivity index (χ0n) is 7.50. The van der Waals surface area contributed by atoms with Crippen molar-refractivity contribution in [1.82, 2.24) is 0 Å². The average molecular weight is 180 g/mol. The predicted molar refractivity (Wildman–Crippen MR) is 48.6 cm³/mol. The molecule has 0 aromatic rings. The smallest absolute Gasteiger partial charge is 0.208 e. The third-order valence-corrected chi connectivity index (χ3v) is 1.23. The standard InChI is InChI=1S/C10H12O3/c1-2-9(12)5-3-4-6-10(13)7-8-11/h9,11-12H,2,7-8H2,1H3/t9-/m0/s1. The second-order valence-corrected chi connectivity index (χ2v) is 2.34. The molecular weight excluding hydrogens is 168 g/mol. The van der Waals surface area contributed by atoms with Crippen molar-refractivity contribution >= 4 is 5.78 Å². The molecule has 0 saturated carbocycles. The van der Waals surface area contributed by atoms with Gasteiger partial charge in [0.05, 0.1) is 6.61 Å². The minimum Gasteiger partial charge on any atom is -0.396 e. The Morgan fingerprint density at radius 2 is 2.15 bits per heavy atom. The third-order valence-electron chi connectivity index (χ3n) is 1.23. The minimum absolute atomic E-state index is 0.0327. The number of aliphatic hydroxyl groups excluding tert-OH is 2. The van der Waals surface area contributed by atoms with E-state index in [1.807, 2.05) is 0 Å². The highest BCUT2D eigenvalue weighted by molar-refractivity contribution is 5.95. The van der Waals surface area contributed by atoms with Crippen molar-refractivity contribution in [3.8, 4) is 23.7 Å². The van der Waals surface area contributed by atoms with Crippen molar-refractivity contribution in [3.05, 3.63) is 0 Å². The lowest BCUT2D eigenvalue weighted by molar-refractivity contribution is -0.114. The van der Waals surface area contributed by atoms with Gasteiger partial charge in [-0.25, -0.2) is 0 Å². The number of Topliss-reactive ketones (excluding diaryl/α,β-unsaturated/α-hetero) is 1. The largest absolute Gasteiger partial charge is 0.396 e. The molecule has 3 nitrogen and oxygen atoms in total. The highest BCUT2D eigenvalue weighted by atomic mass is 16.3. The summed E-state index contributed by atoms with van der Waals surface area (Å²) >= 11 is 0. The van der Waals surface area contributed by atoms with E-state index in [0.717, 1.165) is 0 Å². The van der Waals surface area contributed by atoms with Crippen LogP contribution in [0.3, 0.4) is 0 Å². The molecule has 70 valence electrons. The van der Waals surface area contributed by atoms with E-state index in [1.54, 1.807) is 6.92 Å². The van der Waals surface area contributed by atoms with E-state index in [9.17, 15) is 4.79 Å². The first-order chi connectivity index (χ1) is 6.20. The minimum atomic E-state index is -0.678. The summed E-state index contributed by atoms with van der Waals surface area (Å²) in [7, 11) is 0. The molecule has 0 bridgehead atoms. The molecule has 3 heteroatoms. The molecule has 0 unspecified atom stereocenters. The number of carbonyl (C=O) groups excluding carboxylic acids is 1. The van der Waals surface area contributed by atoms with E-state index in [2.05, 4.69) is 23.7 Å². The fourth-order valence-corrected chi connectivity index (χ4v) is 0.486. The number of carbonyl (C=O) groups is 1. The molecule has 0 saturated heterocycles. The quantitative estimate of drug-likeness (QED) is 0.463. The summed E-state index contributed by atoms with van der Waals surface area (Å²) in [6.45, 7) is 1.60. The summed E-state index contributed by atoms with van der Waals surface area (Å²) in [6, 6.07) is 0. The summed E-state index contributed by atoms with van der Waals surface area (Å²) in [5.41, 5.74) is 0. The Morgan fingerprint density at radius 3 is 2.69 bits per heavy atom. The van der Waals surface area contributed by atoms with Crippen LogP contribution in [0.25, 0.3) is 0 Å². The molecule has 1 atom stereocenters. The molecule has 0 aliphatic carbocycles. The van der Waals surface area contributed by atoms with Crippen molar-refractivity contribution < 1.29 is 15.0 Å². The van der Waals surface area contributed by atoms with Crippen molar-refractivity contribution in [1.29, 1.82) is 0 Å². The van der Waals surface area contributed by atoms with Gasteiger partial charge in [-0.3, -0.25) is 4.79 Å². The fourth-order valence-electron chi connectivity index (χ4n) is 0.486. The van der Waals surface area contributed by atoms with E-state index >= 15 is 0 Å². The number of hydrogen-bond acceptors (Lipinski definition) is 3. The van der Waals surface area contributed by atoms with E-state index in [-0.39, 0.29) is 18.8 Å². The van der Waals surface area contributed by atoms with Crippen LogP contribution in [0.5, 0.6) is 0 Å². The van der Waals surface area contributed by atoms with Gasteiger partial charge in [0.2, 0.25) is 5.78 Å². The first-order valence-electron chi connectivity index (χ1n) is 4.04. The highest BCUT2D eigenvalue weighted by Crippen LogP contribution is 1.84. The summed E-state index contributed by atoms with van der Waals surface area (Å²) in [6.07, 6.45) is -0.105. The van der Waals surface area contributed by atoms with Crippen LogP contribution in [0.15, 0.2) is 0 Å². The Labute approximate surface area is 77.8 Å². The molecule has 0 fully saturated rings. The first kappa shape index (κ1) is 11.7. The van der Waals surface area contributed by atoms with E-state index in [0.29, 0.717) is 6.42 Å². The number of hydrogen-bond donors (Lipinski definition) is 2. The van der Waals surface area contributed by atoms with E-state index in [4.69, 9.17) is 10.2 Å². The van der Waals surface area contributed by atoms with Crippen LogP contribution in [0.4, 0.5) is 0 Å². The Kier molecular flexibility index (Phi) is 6.63. The predicted octanol–water partition coefficient (Wildman–Crippen LogP) is -0.284. The van der Waals surface area contributed by atoms with Gasteiger partial charge in [0.1, 0.15) is 6.10 Å². The molecule has 0 spiro atoms. The Hall–Kier alpha value is -1.29. The Morgan fingerprint density at radius 1 is 1.46 bits per heavy atom. The average Bonchev–Trinajstić information content (AvgIpc) is 2.12. The topological polar surface area (TPSA) is 57.5 Å². The lowest BCUT2D eigenvalue weighted by Gasteiger charge is -1.91. The molecule has 0 rings (SSSR count). The normalized spacial score (nSPS) is 10.4. The van der Waals surface area contributed by atoms with Crippen LogP contribution in [-0.4, -0.2) is 28.7 Å². The van der Waals surface area contributed by atoms with Crippen LogP contribution < -0.4 is 0 Å². The number of aliphatic hydroxyl groups is 2. The molecule has 0 radical (unpaired) electrons. The third kappa shape index (κ3) is 7.08. The summed E-state index contributed by atoms with van der Waals surface area (Å²) in [5.74, 6) is 9.00. The molecule has 0 aromatic heterocycles. The van der Waals surface area contributed by atoms with Crippen LogP contribution in [0, 0.1) is 23.7 Å². The van der Waals surface area contributed by atoms with Gasteiger partial charge >= 0.3 is 0 Å². The zero-order chi connectivity index (χ0) is 10.1. The lowest BCUT2D eigenvalue weighted by Crippen LogP contribution is -1.98. The Balaban J connectivity index is 3.95. The van der Waals surface area contributed by atoms with Gasteiger partial charge in [-0.2, -0.15) is 0 Å². The molecule has 0 aliphatic rings. The lowest BCUT2D eigenvalue weighted by atomic mass is 10.3. The summed E-state index contributed by atoms with van der Waals surface area (Å²) in [5, 5.41) is 17.3. The maximum absolute atomic E-state index is 10.7. The second kappa shape index (κ2) is 7.36. The molecular formula is C10H12O3. The van der Waals surface area contributed by atoms with Gasteiger partial charge in [0.15, 0.2) is 0 Å². The Bertz CT molecular complexity index is 272. The maximum Gasteiger partial charge on any atom is 0.208 e. The monoisotopic (exact) mass is 180 g/mol. The SMILES string of the molecule is CC[C@H](O)C#CC#CC(=O)CCO. The van der Waals surface area contributed by atoms with Gasteiger partial charge in [-0.1, -0.05) is 12.8 Å². The summed E-state index contributed by atoms with van der Waals surface area (Å²) < 4.78 is 0. The van der Waals surface area contributed by atoms with Gasteiger partial charge < -0.3 is 10.2 Å². The van der Waals surface area contributed by atoms with Gasteiger partial charge in [-0.05, 0) is 24.2 Å². The fraction of sp³-hybridized carbons (Fsp3) is 0.500. The van der Waals surface area contributed by atoms with E-state index < -0.39 is 6.10 Å². The van der Waals surface area contributed by atoms with Crippen molar-refractivity contribution in [2.45, 2.75) is 25.9 Å². The van der Waals surface area contributed by atoms with Gasteiger partial charge in [-0.15, -0.1) is 0 Å². The van der Waals surface area contributed by atoms with E-state index in [1.165, 1.54) is 0 Å². The maximum atomic E-state index is 10.7. The number of ketones is 1. The van der Waals surface area contributed by atoms with Crippen LogP contribution in [0.2, 0.25) is 0 Å². The number of rotatable bonds is 3. The molecule has 0 aromatic carbocycles. The molecule has 0 heterocycles. The van der Waals surface area contributed by atoms with Crippen LogP contribution >= 0.6 is 0 Å². The second-order valence-electron chi connectivity index (χ2n) is 2.34. The van der Waals surface area contributed by atoms with Crippen molar-refractivity contribution in [2.75, 3.05) is 6.61 Å². The molecule has 2 N–H and O–H groups in total. The van der Waals surface area contributed by atoms with Gasteiger partial charge in [0, 0.05) is 6.42 Å². The zero-order valence-corrected chi connectivity index (χ0v) is 7.50. The van der Waals surface area contributed by atoms with Crippen molar-refractivity contribution in [2.24, 2.45) is 0 Å². The van der Waals surface area contributed by atoms with Crippen molar-refractivity contribution in [3.63, 3.8) is 0 Å². The molecule has 13 heavy (non-hydrogen) atoms. The first-order valence-corrected chi connectivity index (χ1v) is 4.04. The highest BCUT2D eigenvalue weighted by Gasteiger charge is 1.92. The summed E-state index contributed by atoms with van der Waals surface area (Å²) in [4.78, 5) is 10.7.